The van der Waals surface area contributed by atoms with Crippen molar-refractivity contribution in [2.75, 3.05) is 6.61 Å². The highest BCUT2D eigenvalue weighted by molar-refractivity contribution is 5.53. The zero-order valence-corrected chi connectivity index (χ0v) is 19.8. The largest absolute Gasteiger partial charge is 0.493 e. The molecule has 7 heteroatoms. The molecular formula is C28H27N5O2. The number of aromatic nitrogens is 5. The highest BCUT2D eigenvalue weighted by Crippen LogP contribution is 2.27. The van der Waals surface area contributed by atoms with Gasteiger partial charge in [-0.25, -0.2) is 4.98 Å². The molecular weight excluding hydrogens is 438 g/mol. The standard InChI is InChI=1S/C28H27N5O2/c1-20-26(29-28(35-20)23-11-7-4-8-12-23)17-18-34-24-15-13-21(14-16-24)19-25(22-9-5-3-6-10-22)27-30-32-33(2)31-27/h3-16,25H,17-19H2,1-2H3. The molecule has 5 aromatic rings. The van der Waals surface area contributed by atoms with Gasteiger partial charge in [0.15, 0.2) is 5.82 Å². The van der Waals surface area contributed by atoms with Gasteiger partial charge in [0.1, 0.15) is 11.5 Å². The number of hydrogen-bond acceptors (Lipinski definition) is 6. The van der Waals surface area contributed by atoms with Gasteiger partial charge >= 0.3 is 0 Å². The lowest BCUT2D eigenvalue weighted by molar-refractivity contribution is 0.320. The Balaban J connectivity index is 1.21. The molecule has 7 nitrogen and oxygen atoms in total. The lowest BCUT2D eigenvalue weighted by atomic mass is 9.91. The van der Waals surface area contributed by atoms with Crippen molar-refractivity contribution in [1.82, 2.24) is 25.2 Å². The molecule has 0 bridgehead atoms. The average Bonchev–Trinajstić information content (AvgIpc) is 3.50. The van der Waals surface area contributed by atoms with E-state index in [1.807, 2.05) is 67.6 Å². The summed E-state index contributed by atoms with van der Waals surface area (Å²) in [7, 11) is 1.79. The van der Waals surface area contributed by atoms with Crippen molar-refractivity contribution in [1.29, 1.82) is 0 Å². The van der Waals surface area contributed by atoms with Crippen LogP contribution >= 0.6 is 0 Å². The highest BCUT2D eigenvalue weighted by atomic mass is 16.5. The molecule has 0 N–H and O–H groups in total. The molecule has 0 saturated carbocycles. The zero-order valence-electron chi connectivity index (χ0n) is 19.8. The van der Waals surface area contributed by atoms with Crippen molar-refractivity contribution in [3.8, 4) is 17.2 Å². The molecule has 0 aliphatic rings. The Bertz CT molecular complexity index is 1360. The molecule has 0 spiro atoms. The van der Waals surface area contributed by atoms with Crippen LogP contribution in [0.15, 0.2) is 89.3 Å². The molecule has 35 heavy (non-hydrogen) atoms. The third-order valence-electron chi connectivity index (χ3n) is 5.92. The summed E-state index contributed by atoms with van der Waals surface area (Å²) in [5.74, 6) is 3.05. The van der Waals surface area contributed by atoms with Gasteiger partial charge in [0.25, 0.3) is 0 Å². The fourth-order valence-corrected chi connectivity index (χ4v) is 4.07. The normalized spacial score (nSPS) is 11.9. The van der Waals surface area contributed by atoms with Crippen LogP contribution in [0.3, 0.4) is 0 Å². The number of oxazole rings is 1. The summed E-state index contributed by atoms with van der Waals surface area (Å²) >= 11 is 0. The van der Waals surface area contributed by atoms with Gasteiger partial charge in [0.05, 0.1) is 25.3 Å². The summed E-state index contributed by atoms with van der Waals surface area (Å²) in [6.45, 7) is 2.47. The number of tetrazole rings is 1. The summed E-state index contributed by atoms with van der Waals surface area (Å²) in [5.41, 5.74) is 4.24. The smallest absolute Gasteiger partial charge is 0.226 e. The average molecular weight is 466 g/mol. The molecule has 0 saturated heterocycles. The van der Waals surface area contributed by atoms with E-state index >= 15 is 0 Å². The third-order valence-corrected chi connectivity index (χ3v) is 5.92. The Morgan fingerprint density at radius 2 is 1.63 bits per heavy atom. The molecule has 176 valence electrons. The number of nitrogens with zero attached hydrogens (tertiary/aromatic N) is 5. The predicted molar refractivity (Wildman–Crippen MR) is 133 cm³/mol. The minimum Gasteiger partial charge on any atom is -0.493 e. The first kappa shape index (κ1) is 22.5. The van der Waals surface area contributed by atoms with Gasteiger partial charge in [0.2, 0.25) is 5.89 Å². The molecule has 2 aromatic heterocycles. The van der Waals surface area contributed by atoms with E-state index in [4.69, 9.17) is 9.15 Å². The predicted octanol–water partition coefficient (Wildman–Crippen LogP) is 5.17. The molecule has 2 heterocycles. The van der Waals surface area contributed by atoms with E-state index in [1.165, 1.54) is 15.9 Å². The van der Waals surface area contributed by atoms with Crippen molar-refractivity contribution < 1.29 is 9.15 Å². The number of rotatable bonds is 9. The van der Waals surface area contributed by atoms with Gasteiger partial charge in [0, 0.05) is 12.0 Å². The van der Waals surface area contributed by atoms with Gasteiger partial charge in [-0.05, 0) is 54.0 Å². The lowest BCUT2D eigenvalue weighted by Gasteiger charge is -2.14. The molecule has 0 radical (unpaired) electrons. The maximum absolute atomic E-state index is 5.99. The van der Waals surface area contributed by atoms with Crippen LogP contribution in [0.25, 0.3) is 11.5 Å². The second-order valence-corrected chi connectivity index (χ2v) is 8.43. The van der Waals surface area contributed by atoms with Crippen LogP contribution in [0.5, 0.6) is 5.75 Å². The van der Waals surface area contributed by atoms with Crippen LogP contribution in [-0.4, -0.2) is 31.8 Å². The van der Waals surface area contributed by atoms with Crippen molar-refractivity contribution in [3.05, 3.63) is 113 Å². The van der Waals surface area contributed by atoms with Crippen LogP contribution in [0.1, 0.15) is 34.3 Å². The van der Waals surface area contributed by atoms with Crippen LogP contribution < -0.4 is 4.74 Å². The summed E-state index contributed by atoms with van der Waals surface area (Å²) in [6, 6.07) is 28.4. The number of aryl methyl sites for hydroxylation is 2. The Hall–Kier alpha value is -4.26. The van der Waals surface area contributed by atoms with Crippen molar-refractivity contribution in [2.45, 2.75) is 25.7 Å². The van der Waals surface area contributed by atoms with Gasteiger partial charge in [-0.1, -0.05) is 60.7 Å². The Morgan fingerprint density at radius 3 is 2.31 bits per heavy atom. The van der Waals surface area contributed by atoms with Gasteiger partial charge < -0.3 is 9.15 Å². The SMILES string of the molecule is Cc1oc(-c2ccccc2)nc1CCOc1ccc(CC(c2ccccc2)c2nnn(C)n2)cc1. The highest BCUT2D eigenvalue weighted by Gasteiger charge is 2.20. The van der Waals surface area contributed by atoms with E-state index in [-0.39, 0.29) is 5.92 Å². The second kappa shape index (κ2) is 10.3. The molecule has 0 amide bonds. The van der Waals surface area contributed by atoms with Gasteiger partial charge in [-0.15, -0.1) is 10.2 Å². The summed E-state index contributed by atoms with van der Waals surface area (Å²) in [6.07, 6.45) is 1.45. The van der Waals surface area contributed by atoms with E-state index in [1.54, 1.807) is 7.05 Å². The first-order valence-corrected chi connectivity index (χ1v) is 11.7. The van der Waals surface area contributed by atoms with E-state index < -0.39 is 0 Å². The fraction of sp³-hybridized carbons (Fsp3) is 0.214. The topological polar surface area (TPSA) is 78.9 Å². The Kier molecular flexibility index (Phi) is 6.66. The van der Waals surface area contributed by atoms with Crippen LogP contribution in [0.4, 0.5) is 0 Å². The van der Waals surface area contributed by atoms with E-state index in [9.17, 15) is 0 Å². The Labute approximate surface area is 204 Å². The minimum absolute atomic E-state index is 0.0330. The van der Waals surface area contributed by atoms with E-state index in [0.717, 1.165) is 35.0 Å². The maximum atomic E-state index is 5.99. The summed E-state index contributed by atoms with van der Waals surface area (Å²) in [5, 5.41) is 12.7. The minimum atomic E-state index is 0.0330. The number of hydrogen-bond donors (Lipinski definition) is 0. The Morgan fingerprint density at radius 1 is 0.914 bits per heavy atom. The lowest BCUT2D eigenvalue weighted by Crippen LogP contribution is -2.08. The fourth-order valence-electron chi connectivity index (χ4n) is 4.07. The molecule has 3 aromatic carbocycles. The quantitative estimate of drug-likeness (QED) is 0.299. The molecule has 1 atom stereocenters. The van der Waals surface area contributed by atoms with Crippen LogP contribution in [0.2, 0.25) is 0 Å². The van der Waals surface area contributed by atoms with E-state index in [0.29, 0.717) is 18.9 Å². The molecule has 1 unspecified atom stereocenters. The summed E-state index contributed by atoms with van der Waals surface area (Å²) < 4.78 is 11.8. The van der Waals surface area contributed by atoms with Crippen LogP contribution in [-0.2, 0) is 19.9 Å². The van der Waals surface area contributed by atoms with Crippen LogP contribution in [0, 0.1) is 6.92 Å². The van der Waals surface area contributed by atoms with Crippen molar-refractivity contribution in [3.63, 3.8) is 0 Å². The molecule has 5 rings (SSSR count). The van der Waals surface area contributed by atoms with Crippen molar-refractivity contribution in [2.24, 2.45) is 7.05 Å². The monoisotopic (exact) mass is 465 g/mol. The maximum Gasteiger partial charge on any atom is 0.226 e. The van der Waals surface area contributed by atoms with Crippen molar-refractivity contribution >= 4 is 0 Å². The van der Waals surface area contributed by atoms with E-state index in [2.05, 4.69) is 44.7 Å². The third kappa shape index (κ3) is 5.46. The number of ether oxygens (including phenoxy) is 1. The number of benzene rings is 3. The molecule has 0 fully saturated rings. The molecule has 0 aliphatic carbocycles. The second-order valence-electron chi connectivity index (χ2n) is 8.43. The first-order chi connectivity index (χ1) is 17.2. The first-order valence-electron chi connectivity index (χ1n) is 11.7. The van der Waals surface area contributed by atoms with Gasteiger partial charge in [-0.3, -0.25) is 0 Å². The van der Waals surface area contributed by atoms with Gasteiger partial charge in [-0.2, -0.15) is 4.80 Å². The summed E-state index contributed by atoms with van der Waals surface area (Å²) in [4.78, 5) is 6.15. The molecule has 0 aliphatic heterocycles. The zero-order chi connectivity index (χ0) is 24.0.